The number of aromatic nitrogens is 3. The van der Waals surface area contributed by atoms with Gasteiger partial charge >= 0.3 is 10.5 Å². The standard InChI is InChI=1S/C11H8F2N4O4S/c1-17(11-15-4-8(12)5-16-11)10(18)7-2-9(6-14-3-7)21-22(13,19)20/h2-6H,1H3. The van der Waals surface area contributed by atoms with Gasteiger partial charge in [-0.25, -0.2) is 14.4 Å². The average molecular weight is 330 g/mol. The molecule has 2 heterocycles. The molecule has 0 saturated heterocycles. The van der Waals surface area contributed by atoms with Gasteiger partial charge in [-0.3, -0.25) is 14.7 Å². The second-order valence-electron chi connectivity index (χ2n) is 3.95. The van der Waals surface area contributed by atoms with Crippen molar-refractivity contribution in [2.75, 3.05) is 11.9 Å². The fourth-order valence-corrected chi connectivity index (χ4v) is 1.78. The molecule has 0 spiro atoms. The summed E-state index contributed by atoms with van der Waals surface area (Å²) >= 11 is 0. The van der Waals surface area contributed by atoms with E-state index in [2.05, 4.69) is 19.1 Å². The third-order valence-electron chi connectivity index (χ3n) is 2.37. The van der Waals surface area contributed by atoms with E-state index < -0.39 is 28.0 Å². The van der Waals surface area contributed by atoms with Gasteiger partial charge in [0, 0.05) is 13.2 Å². The number of anilines is 1. The fraction of sp³-hybridized carbons (Fsp3) is 0.0909. The Morgan fingerprint density at radius 2 is 1.86 bits per heavy atom. The topological polar surface area (TPSA) is 102 Å². The quantitative estimate of drug-likeness (QED) is 0.767. The van der Waals surface area contributed by atoms with Crippen LogP contribution in [0.5, 0.6) is 5.75 Å². The Balaban J connectivity index is 2.25. The van der Waals surface area contributed by atoms with Crippen LogP contribution in [0.15, 0.2) is 30.9 Å². The second kappa shape index (κ2) is 5.97. The van der Waals surface area contributed by atoms with E-state index in [1.54, 1.807) is 0 Å². The van der Waals surface area contributed by atoms with Crippen molar-refractivity contribution < 1.29 is 25.7 Å². The Hall–Kier alpha value is -2.69. The first kappa shape index (κ1) is 15.7. The Labute approximate surface area is 123 Å². The predicted molar refractivity (Wildman–Crippen MR) is 69.6 cm³/mol. The van der Waals surface area contributed by atoms with Gasteiger partial charge < -0.3 is 4.18 Å². The van der Waals surface area contributed by atoms with Crippen LogP contribution in [-0.2, 0) is 10.5 Å². The summed E-state index contributed by atoms with van der Waals surface area (Å²) in [6.07, 6.45) is 3.78. The first-order valence-electron chi connectivity index (χ1n) is 5.61. The first-order chi connectivity index (χ1) is 10.3. The number of halogens is 2. The summed E-state index contributed by atoms with van der Waals surface area (Å²) in [4.78, 5) is 23.9. The average Bonchev–Trinajstić information content (AvgIpc) is 2.45. The van der Waals surface area contributed by atoms with E-state index in [9.17, 15) is 21.5 Å². The number of pyridine rings is 1. The molecule has 0 N–H and O–H groups in total. The molecule has 0 aliphatic carbocycles. The minimum atomic E-state index is -5.23. The molecule has 2 rings (SSSR count). The lowest BCUT2D eigenvalue weighted by atomic mass is 10.2. The molecule has 0 aromatic carbocycles. The van der Waals surface area contributed by atoms with E-state index in [1.807, 2.05) is 0 Å². The maximum atomic E-state index is 12.7. The summed E-state index contributed by atoms with van der Waals surface area (Å²) < 4.78 is 50.0. The Kier molecular flexibility index (Phi) is 4.26. The minimum Gasteiger partial charge on any atom is -0.357 e. The zero-order chi connectivity index (χ0) is 16.3. The van der Waals surface area contributed by atoms with Gasteiger partial charge in [-0.2, -0.15) is 8.42 Å². The molecule has 0 fully saturated rings. The third-order valence-corrected chi connectivity index (χ3v) is 2.76. The van der Waals surface area contributed by atoms with Crippen LogP contribution in [0.25, 0.3) is 0 Å². The van der Waals surface area contributed by atoms with E-state index >= 15 is 0 Å². The summed E-state index contributed by atoms with van der Waals surface area (Å²) in [5, 5.41) is 0. The third kappa shape index (κ3) is 3.91. The van der Waals surface area contributed by atoms with Crippen LogP contribution in [0.1, 0.15) is 10.4 Å². The molecule has 2 aromatic heterocycles. The number of carbonyl (C=O) groups excluding carboxylic acids is 1. The maximum absolute atomic E-state index is 12.7. The van der Waals surface area contributed by atoms with Crippen molar-refractivity contribution in [2.24, 2.45) is 0 Å². The van der Waals surface area contributed by atoms with Gasteiger partial charge in [-0.15, -0.1) is 0 Å². The lowest BCUT2D eigenvalue weighted by Gasteiger charge is -2.14. The zero-order valence-corrected chi connectivity index (χ0v) is 11.8. The Bertz CT molecular complexity index is 798. The molecular formula is C11H8F2N4O4S. The molecule has 0 atom stereocenters. The molecular weight excluding hydrogens is 322 g/mol. The van der Waals surface area contributed by atoms with E-state index in [0.29, 0.717) is 0 Å². The van der Waals surface area contributed by atoms with Crippen molar-refractivity contribution in [3.8, 4) is 5.75 Å². The number of hydrogen-bond acceptors (Lipinski definition) is 7. The van der Waals surface area contributed by atoms with Crippen molar-refractivity contribution >= 4 is 22.4 Å². The number of nitrogens with zero attached hydrogens (tertiary/aromatic N) is 4. The maximum Gasteiger partial charge on any atom is 0.488 e. The highest BCUT2D eigenvalue weighted by molar-refractivity contribution is 7.81. The molecule has 11 heteroatoms. The van der Waals surface area contributed by atoms with Crippen LogP contribution in [-0.4, -0.2) is 36.3 Å². The highest BCUT2D eigenvalue weighted by atomic mass is 32.3. The number of amides is 1. The van der Waals surface area contributed by atoms with E-state index in [4.69, 9.17) is 0 Å². The van der Waals surface area contributed by atoms with Crippen LogP contribution in [0.2, 0.25) is 0 Å². The Morgan fingerprint density at radius 1 is 1.23 bits per heavy atom. The predicted octanol–water partition coefficient (Wildman–Crippen LogP) is 0.880. The van der Waals surface area contributed by atoms with Crippen molar-refractivity contribution in [1.82, 2.24) is 15.0 Å². The van der Waals surface area contributed by atoms with E-state index in [-0.39, 0.29) is 11.5 Å². The highest BCUT2D eigenvalue weighted by Crippen LogP contribution is 2.16. The highest BCUT2D eigenvalue weighted by Gasteiger charge is 2.18. The summed E-state index contributed by atoms with van der Waals surface area (Å²) in [6.45, 7) is 0. The van der Waals surface area contributed by atoms with Gasteiger partial charge in [0.05, 0.1) is 24.2 Å². The van der Waals surface area contributed by atoms with Crippen LogP contribution >= 0.6 is 0 Å². The number of rotatable bonds is 4. The molecule has 0 radical (unpaired) electrons. The van der Waals surface area contributed by atoms with Crippen LogP contribution in [0.3, 0.4) is 0 Å². The number of hydrogen-bond donors (Lipinski definition) is 0. The smallest absolute Gasteiger partial charge is 0.357 e. The van der Waals surface area contributed by atoms with E-state index in [0.717, 1.165) is 35.8 Å². The molecule has 8 nitrogen and oxygen atoms in total. The monoisotopic (exact) mass is 330 g/mol. The van der Waals surface area contributed by atoms with Crippen LogP contribution < -0.4 is 9.08 Å². The van der Waals surface area contributed by atoms with Gasteiger partial charge in [0.1, 0.15) is 0 Å². The first-order valence-corrected chi connectivity index (χ1v) is 6.92. The summed E-state index contributed by atoms with van der Waals surface area (Å²) in [5.41, 5.74) is -0.100. The summed E-state index contributed by atoms with van der Waals surface area (Å²) in [5.74, 6) is -1.91. The summed E-state index contributed by atoms with van der Waals surface area (Å²) in [7, 11) is -3.91. The zero-order valence-electron chi connectivity index (χ0n) is 11.0. The fourth-order valence-electron chi connectivity index (χ4n) is 1.46. The van der Waals surface area contributed by atoms with Gasteiger partial charge in [-0.05, 0) is 6.07 Å². The number of carbonyl (C=O) groups is 1. The van der Waals surface area contributed by atoms with Crippen molar-refractivity contribution in [1.29, 1.82) is 0 Å². The van der Waals surface area contributed by atoms with Gasteiger partial charge in [-0.1, -0.05) is 3.89 Å². The largest absolute Gasteiger partial charge is 0.488 e. The minimum absolute atomic E-state index is 0.0872. The van der Waals surface area contributed by atoms with Gasteiger partial charge in [0.25, 0.3) is 5.91 Å². The molecule has 0 unspecified atom stereocenters. The van der Waals surface area contributed by atoms with E-state index in [1.165, 1.54) is 7.05 Å². The molecule has 0 saturated carbocycles. The van der Waals surface area contributed by atoms with Crippen molar-refractivity contribution in [2.45, 2.75) is 0 Å². The Morgan fingerprint density at radius 3 is 2.45 bits per heavy atom. The SMILES string of the molecule is CN(C(=O)c1cncc(OS(=O)(=O)F)c1)c1ncc(F)cn1. The van der Waals surface area contributed by atoms with Gasteiger partial charge in [0.15, 0.2) is 11.6 Å². The molecule has 0 aliphatic heterocycles. The van der Waals surface area contributed by atoms with Crippen molar-refractivity contribution in [3.05, 3.63) is 42.2 Å². The molecule has 0 aliphatic rings. The van der Waals surface area contributed by atoms with Crippen LogP contribution in [0.4, 0.5) is 14.2 Å². The molecule has 116 valence electrons. The summed E-state index contributed by atoms with van der Waals surface area (Å²) in [6, 6.07) is 0.979. The molecule has 1 amide bonds. The molecule has 0 bridgehead atoms. The normalized spacial score (nSPS) is 11.0. The lowest BCUT2D eigenvalue weighted by molar-refractivity contribution is 0.0990. The van der Waals surface area contributed by atoms with Gasteiger partial charge in [0.2, 0.25) is 5.95 Å². The van der Waals surface area contributed by atoms with Crippen molar-refractivity contribution in [3.63, 3.8) is 0 Å². The van der Waals surface area contributed by atoms with Crippen LogP contribution in [0, 0.1) is 5.82 Å². The molecule has 22 heavy (non-hydrogen) atoms. The second-order valence-corrected chi connectivity index (χ2v) is 4.90. The molecule has 2 aromatic rings. The lowest BCUT2D eigenvalue weighted by Crippen LogP contribution is -2.28.